The number of carboxylic acid groups (broad SMARTS) is 1. The van der Waals surface area contributed by atoms with E-state index in [-0.39, 0.29) is 13.2 Å². The summed E-state index contributed by atoms with van der Waals surface area (Å²) in [5.74, 6) is -0.974. The average Bonchev–Trinajstić information content (AvgIpc) is 2.80. The molecule has 0 bridgehead atoms. The molecule has 7 nitrogen and oxygen atoms in total. The van der Waals surface area contributed by atoms with Gasteiger partial charge in [0.25, 0.3) is 0 Å². The lowest BCUT2D eigenvalue weighted by Crippen LogP contribution is -2.14. The van der Waals surface area contributed by atoms with Crippen LogP contribution in [0.15, 0.2) is 0 Å². The quantitative estimate of drug-likeness (QED) is 0.140. The largest absolute Gasteiger partial charge is 0.480 e. The van der Waals surface area contributed by atoms with Crippen molar-refractivity contribution < 1.29 is 33.6 Å². The normalized spacial score (nSPS) is 11.3. The van der Waals surface area contributed by atoms with Gasteiger partial charge in [0.15, 0.2) is 0 Å². The molecule has 0 unspecified atom stereocenters. The van der Waals surface area contributed by atoms with Crippen LogP contribution < -0.4 is 0 Å². The van der Waals surface area contributed by atoms with Crippen molar-refractivity contribution in [1.82, 2.24) is 0 Å². The van der Waals surface area contributed by atoms with Gasteiger partial charge in [0.1, 0.15) is 6.61 Å². The number of ether oxygens (including phenoxy) is 5. The van der Waals surface area contributed by atoms with E-state index in [0.717, 1.165) is 13.0 Å². The Labute approximate surface area is 202 Å². The molecule has 1 N–H and O–H groups in total. The van der Waals surface area contributed by atoms with Crippen molar-refractivity contribution in [3.63, 3.8) is 0 Å². The van der Waals surface area contributed by atoms with Crippen LogP contribution in [0, 0.1) is 0 Å². The molecule has 0 atom stereocenters. The number of unbranched alkanes of at least 4 members (excludes halogenated alkanes) is 13. The summed E-state index contributed by atoms with van der Waals surface area (Å²) >= 11 is 0. The van der Waals surface area contributed by atoms with E-state index in [4.69, 9.17) is 28.8 Å². The highest BCUT2D eigenvalue weighted by atomic mass is 16.6. The van der Waals surface area contributed by atoms with Crippen molar-refractivity contribution >= 4 is 5.97 Å². The Morgan fingerprint density at radius 2 is 0.758 bits per heavy atom. The van der Waals surface area contributed by atoms with Crippen LogP contribution in [0.25, 0.3) is 0 Å². The molecule has 0 aromatic heterocycles. The molecule has 33 heavy (non-hydrogen) atoms. The molecule has 198 valence electrons. The predicted molar refractivity (Wildman–Crippen MR) is 132 cm³/mol. The molecule has 0 saturated carbocycles. The molecule has 0 aliphatic carbocycles. The zero-order valence-electron chi connectivity index (χ0n) is 21.4. The van der Waals surface area contributed by atoms with Crippen LogP contribution in [-0.4, -0.2) is 77.1 Å². The molecule has 0 aromatic carbocycles. The molecule has 0 saturated heterocycles. The first kappa shape index (κ1) is 32.3. The fourth-order valence-electron chi connectivity index (χ4n) is 3.44. The Kier molecular flexibility index (Phi) is 28.7. The maximum Gasteiger partial charge on any atom is 0.329 e. The first-order valence-corrected chi connectivity index (χ1v) is 13.4. The number of carboxylic acids is 1. The lowest BCUT2D eigenvalue weighted by molar-refractivity contribution is -0.142. The third-order valence-corrected chi connectivity index (χ3v) is 5.36. The summed E-state index contributed by atoms with van der Waals surface area (Å²) < 4.78 is 26.6. The Bertz CT molecular complexity index is 380. The van der Waals surface area contributed by atoms with Gasteiger partial charge in [-0.25, -0.2) is 4.79 Å². The summed E-state index contributed by atoms with van der Waals surface area (Å²) in [5.41, 5.74) is 0. The number of hydrogen-bond acceptors (Lipinski definition) is 6. The molecule has 0 radical (unpaired) electrons. The summed E-state index contributed by atoms with van der Waals surface area (Å²) in [5, 5.41) is 8.41. The van der Waals surface area contributed by atoms with Gasteiger partial charge in [0.2, 0.25) is 0 Å². The van der Waals surface area contributed by atoms with Crippen molar-refractivity contribution in [3.05, 3.63) is 0 Å². The van der Waals surface area contributed by atoms with E-state index in [2.05, 4.69) is 6.92 Å². The van der Waals surface area contributed by atoms with E-state index in [1.54, 1.807) is 0 Å². The number of carbonyl (C=O) groups is 1. The van der Waals surface area contributed by atoms with E-state index >= 15 is 0 Å². The minimum absolute atomic E-state index is 0.273. The average molecular weight is 477 g/mol. The molecule has 0 aliphatic rings. The van der Waals surface area contributed by atoms with Crippen molar-refractivity contribution in [1.29, 1.82) is 0 Å². The maximum absolute atomic E-state index is 10.2. The van der Waals surface area contributed by atoms with Crippen LogP contribution >= 0.6 is 0 Å². The Morgan fingerprint density at radius 1 is 0.455 bits per heavy atom. The van der Waals surface area contributed by atoms with Crippen LogP contribution in [0.4, 0.5) is 0 Å². The number of rotatable bonds is 29. The minimum atomic E-state index is -0.974. The lowest BCUT2D eigenvalue weighted by atomic mass is 10.0. The van der Waals surface area contributed by atoms with Crippen molar-refractivity contribution in [3.8, 4) is 0 Å². The van der Waals surface area contributed by atoms with Gasteiger partial charge >= 0.3 is 5.97 Å². The topological polar surface area (TPSA) is 83.5 Å². The summed E-state index contributed by atoms with van der Waals surface area (Å²) in [6, 6.07) is 0. The SMILES string of the molecule is CCCCCCCCCCCCCCCCOCCOCCOCCOCCOCC(=O)O. The van der Waals surface area contributed by atoms with Crippen molar-refractivity contribution in [2.24, 2.45) is 0 Å². The third kappa shape index (κ3) is 31.3. The second-order valence-corrected chi connectivity index (χ2v) is 8.49. The first-order chi connectivity index (χ1) is 16.3. The highest BCUT2D eigenvalue weighted by Crippen LogP contribution is 2.12. The van der Waals surface area contributed by atoms with Crippen LogP contribution in [0.5, 0.6) is 0 Å². The van der Waals surface area contributed by atoms with Crippen molar-refractivity contribution in [2.75, 3.05) is 66.1 Å². The second-order valence-electron chi connectivity index (χ2n) is 8.49. The number of aliphatic carboxylic acids is 1. The fourth-order valence-corrected chi connectivity index (χ4v) is 3.44. The summed E-state index contributed by atoms with van der Waals surface area (Å²) in [4.78, 5) is 10.2. The Balaban J connectivity index is 3.01. The summed E-state index contributed by atoms with van der Waals surface area (Å²) in [6.07, 6.45) is 19.2. The summed E-state index contributed by atoms with van der Waals surface area (Å²) in [7, 11) is 0. The Morgan fingerprint density at radius 3 is 1.12 bits per heavy atom. The second kappa shape index (κ2) is 29.3. The van der Waals surface area contributed by atoms with Gasteiger partial charge in [0, 0.05) is 6.61 Å². The van der Waals surface area contributed by atoms with Crippen LogP contribution in [0.2, 0.25) is 0 Å². The monoisotopic (exact) mass is 476 g/mol. The molecule has 0 aliphatic heterocycles. The van der Waals surface area contributed by atoms with Gasteiger partial charge < -0.3 is 28.8 Å². The third-order valence-electron chi connectivity index (χ3n) is 5.36. The molecular weight excluding hydrogens is 424 g/mol. The van der Waals surface area contributed by atoms with Gasteiger partial charge in [-0.05, 0) is 6.42 Å². The van der Waals surface area contributed by atoms with E-state index in [1.165, 1.54) is 83.5 Å². The minimum Gasteiger partial charge on any atom is -0.480 e. The zero-order chi connectivity index (χ0) is 24.1. The van der Waals surface area contributed by atoms with E-state index in [0.29, 0.717) is 46.2 Å². The van der Waals surface area contributed by atoms with Gasteiger partial charge in [-0.3, -0.25) is 0 Å². The fraction of sp³-hybridized carbons (Fsp3) is 0.962. The van der Waals surface area contributed by atoms with Gasteiger partial charge in [-0.2, -0.15) is 0 Å². The van der Waals surface area contributed by atoms with Crippen LogP contribution in [0.3, 0.4) is 0 Å². The molecule has 0 aromatic rings. The molecule has 0 spiro atoms. The predicted octanol–water partition coefficient (Wildman–Crippen LogP) is 5.64. The number of hydrogen-bond donors (Lipinski definition) is 1. The molecule has 0 amide bonds. The molecule has 0 rings (SSSR count). The highest BCUT2D eigenvalue weighted by molar-refractivity contribution is 5.67. The highest BCUT2D eigenvalue weighted by Gasteiger charge is 1.97. The lowest BCUT2D eigenvalue weighted by Gasteiger charge is -2.07. The van der Waals surface area contributed by atoms with Crippen LogP contribution in [0.1, 0.15) is 96.8 Å². The molecule has 7 heteroatoms. The smallest absolute Gasteiger partial charge is 0.329 e. The maximum atomic E-state index is 10.2. The van der Waals surface area contributed by atoms with E-state index in [9.17, 15) is 4.79 Å². The van der Waals surface area contributed by atoms with Crippen molar-refractivity contribution in [2.45, 2.75) is 96.8 Å². The van der Waals surface area contributed by atoms with Gasteiger partial charge in [-0.15, -0.1) is 0 Å². The van der Waals surface area contributed by atoms with E-state index < -0.39 is 5.97 Å². The summed E-state index contributed by atoms with van der Waals surface area (Å²) in [6.45, 7) is 6.69. The Hall–Kier alpha value is -0.730. The van der Waals surface area contributed by atoms with Crippen LogP contribution in [-0.2, 0) is 28.5 Å². The standard InChI is InChI=1S/C26H52O7/c1-2-3-4-5-6-7-8-9-10-11-12-13-14-15-16-29-17-18-30-19-20-31-21-22-32-23-24-33-25-26(27)28/h2-25H2,1H3,(H,27,28). The van der Waals surface area contributed by atoms with Gasteiger partial charge in [-0.1, -0.05) is 90.4 Å². The molecule has 0 fully saturated rings. The molecule has 0 heterocycles. The first-order valence-electron chi connectivity index (χ1n) is 13.4. The molecular formula is C26H52O7. The zero-order valence-corrected chi connectivity index (χ0v) is 21.4. The van der Waals surface area contributed by atoms with Gasteiger partial charge in [0.05, 0.1) is 52.9 Å². The van der Waals surface area contributed by atoms with E-state index in [1.807, 2.05) is 0 Å².